The van der Waals surface area contributed by atoms with E-state index in [1.165, 1.54) is 6.42 Å². The average molecular weight is 218 g/mol. The number of rotatable bonds is 3. The molecule has 2 heterocycles. The third kappa shape index (κ3) is 2.89. The molecular formula is C9H16ClN3O. The van der Waals surface area contributed by atoms with Crippen LogP contribution in [-0.2, 0) is 7.05 Å². The van der Waals surface area contributed by atoms with Gasteiger partial charge in [0, 0.05) is 19.5 Å². The summed E-state index contributed by atoms with van der Waals surface area (Å²) in [6, 6.07) is 0. The van der Waals surface area contributed by atoms with Crippen molar-refractivity contribution in [3.05, 3.63) is 12.4 Å². The number of aromatic nitrogens is 2. The molecule has 0 bridgehead atoms. The first-order valence-electron chi connectivity index (χ1n) is 4.67. The molecule has 1 aromatic rings. The van der Waals surface area contributed by atoms with Gasteiger partial charge >= 0.3 is 0 Å². The second-order valence-electron chi connectivity index (χ2n) is 3.52. The number of aryl methyl sites for hydroxylation is 1. The quantitative estimate of drug-likeness (QED) is 0.816. The van der Waals surface area contributed by atoms with Crippen molar-refractivity contribution in [2.75, 3.05) is 19.7 Å². The molecule has 0 radical (unpaired) electrons. The van der Waals surface area contributed by atoms with Crippen molar-refractivity contribution < 1.29 is 4.74 Å². The Labute approximate surface area is 90.0 Å². The van der Waals surface area contributed by atoms with Crippen LogP contribution >= 0.6 is 12.4 Å². The molecule has 1 unspecified atom stereocenters. The lowest BCUT2D eigenvalue weighted by atomic mass is 10.1. The molecule has 1 N–H and O–H groups in total. The second-order valence-corrected chi connectivity index (χ2v) is 3.52. The van der Waals surface area contributed by atoms with Gasteiger partial charge in [-0.2, -0.15) is 5.10 Å². The lowest BCUT2D eigenvalue weighted by Gasteiger charge is -2.08. The molecule has 80 valence electrons. The Morgan fingerprint density at radius 3 is 3.14 bits per heavy atom. The largest absolute Gasteiger partial charge is 0.490 e. The van der Waals surface area contributed by atoms with Gasteiger partial charge in [0.25, 0.3) is 0 Å². The van der Waals surface area contributed by atoms with Crippen LogP contribution in [0.1, 0.15) is 6.42 Å². The summed E-state index contributed by atoms with van der Waals surface area (Å²) in [6.45, 7) is 3.01. The monoisotopic (exact) mass is 217 g/mol. The van der Waals surface area contributed by atoms with Crippen molar-refractivity contribution in [2.45, 2.75) is 6.42 Å². The van der Waals surface area contributed by atoms with Gasteiger partial charge in [-0.05, 0) is 13.0 Å². The Hall–Kier alpha value is -0.740. The average Bonchev–Trinajstić information content (AvgIpc) is 2.71. The lowest BCUT2D eigenvalue weighted by molar-refractivity contribution is 0.260. The lowest BCUT2D eigenvalue weighted by Crippen LogP contribution is -2.15. The predicted octanol–water partition coefficient (Wildman–Crippen LogP) is 0.830. The van der Waals surface area contributed by atoms with Crippen LogP contribution in [0.4, 0.5) is 0 Å². The van der Waals surface area contributed by atoms with E-state index in [1.807, 2.05) is 13.2 Å². The Balaban J connectivity index is 0.000000980. The van der Waals surface area contributed by atoms with Crippen LogP contribution in [0.5, 0.6) is 5.75 Å². The van der Waals surface area contributed by atoms with E-state index in [2.05, 4.69) is 10.4 Å². The van der Waals surface area contributed by atoms with E-state index in [9.17, 15) is 0 Å². The van der Waals surface area contributed by atoms with Gasteiger partial charge in [0.15, 0.2) is 5.75 Å². The van der Waals surface area contributed by atoms with E-state index in [1.54, 1.807) is 10.9 Å². The van der Waals surface area contributed by atoms with Crippen molar-refractivity contribution in [1.29, 1.82) is 0 Å². The van der Waals surface area contributed by atoms with E-state index >= 15 is 0 Å². The number of hydrogen-bond donors (Lipinski definition) is 1. The normalized spacial score (nSPS) is 20.5. The van der Waals surface area contributed by atoms with Gasteiger partial charge in [-0.1, -0.05) is 0 Å². The first kappa shape index (κ1) is 11.3. The highest BCUT2D eigenvalue weighted by atomic mass is 35.5. The van der Waals surface area contributed by atoms with Crippen LogP contribution in [0.25, 0.3) is 0 Å². The first-order valence-corrected chi connectivity index (χ1v) is 4.67. The summed E-state index contributed by atoms with van der Waals surface area (Å²) in [7, 11) is 1.89. The molecule has 1 saturated heterocycles. The molecule has 14 heavy (non-hydrogen) atoms. The van der Waals surface area contributed by atoms with Crippen molar-refractivity contribution in [2.24, 2.45) is 13.0 Å². The maximum atomic E-state index is 5.59. The highest BCUT2D eigenvalue weighted by molar-refractivity contribution is 5.85. The fourth-order valence-corrected chi connectivity index (χ4v) is 1.54. The molecule has 1 atom stereocenters. The summed E-state index contributed by atoms with van der Waals surface area (Å²) < 4.78 is 7.34. The van der Waals surface area contributed by atoms with Gasteiger partial charge in [0.05, 0.1) is 19.0 Å². The molecule has 0 amide bonds. The third-order valence-electron chi connectivity index (χ3n) is 2.33. The highest BCUT2D eigenvalue weighted by Gasteiger charge is 2.14. The molecule has 4 nitrogen and oxygen atoms in total. The summed E-state index contributed by atoms with van der Waals surface area (Å²) in [5.74, 6) is 1.54. The minimum atomic E-state index is 0. The zero-order valence-corrected chi connectivity index (χ0v) is 9.09. The SMILES string of the molecule is Cl.Cn1cc(OCC2CCNC2)cn1. The molecule has 5 heteroatoms. The van der Waals surface area contributed by atoms with Crippen LogP contribution in [0.15, 0.2) is 12.4 Å². The van der Waals surface area contributed by atoms with Crippen LogP contribution in [0, 0.1) is 5.92 Å². The van der Waals surface area contributed by atoms with E-state index < -0.39 is 0 Å². The van der Waals surface area contributed by atoms with Gasteiger partial charge < -0.3 is 10.1 Å². The number of nitrogens with zero attached hydrogens (tertiary/aromatic N) is 2. The van der Waals surface area contributed by atoms with Crippen LogP contribution < -0.4 is 10.1 Å². The summed E-state index contributed by atoms with van der Waals surface area (Å²) >= 11 is 0. The molecule has 1 aromatic heterocycles. The number of ether oxygens (including phenoxy) is 1. The summed E-state index contributed by atoms with van der Waals surface area (Å²) in [4.78, 5) is 0. The smallest absolute Gasteiger partial charge is 0.157 e. The molecule has 0 aliphatic carbocycles. The van der Waals surface area contributed by atoms with Gasteiger partial charge in [0.2, 0.25) is 0 Å². The maximum Gasteiger partial charge on any atom is 0.157 e. The van der Waals surface area contributed by atoms with Crippen LogP contribution in [-0.4, -0.2) is 29.5 Å². The van der Waals surface area contributed by atoms with E-state index in [0.717, 1.165) is 25.4 Å². The zero-order chi connectivity index (χ0) is 9.10. The standard InChI is InChI=1S/C9H15N3O.ClH/c1-12-6-9(5-11-12)13-7-8-2-3-10-4-8;/h5-6,8,10H,2-4,7H2,1H3;1H. The molecule has 0 aromatic carbocycles. The molecule has 1 aliphatic rings. The molecule has 0 spiro atoms. The van der Waals surface area contributed by atoms with Crippen molar-refractivity contribution in [1.82, 2.24) is 15.1 Å². The second kappa shape index (κ2) is 5.22. The van der Waals surface area contributed by atoms with Crippen LogP contribution in [0.3, 0.4) is 0 Å². The fourth-order valence-electron chi connectivity index (χ4n) is 1.54. The van der Waals surface area contributed by atoms with Gasteiger partial charge in [-0.15, -0.1) is 12.4 Å². The van der Waals surface area contributed by atoms with E-state index in [-0.39, 0.29) is 12.4 Å². The van der Waals surface area contributed by atoms with Gasteiger partial charge in [0.1, 0.15) is 0 Å². The molecular weight excluding hydrogens is 202 g/mol. The highest BCUT2D eigenvalue weighted by Crippen LogP contribution is 2.12. The van der Waals surface area contributed by atoms with Crippen molar-refractivity contribution >= 4 is 12.4 Å². The summed E-state index contributed by atoms with van der Waals surface area (Å²) in [5, 5.41) is 7.35. The Kier molecular flexibility index (Phi) is 4.22. The molecule has 2 rings (SSSR count). The van der Waals surface area contributed by atoms with Crippen molar-refractivity contribution in [3.8, 4) is 5.75 Å². The number of nitrogens with one attached hydrogen (secondary N) is 1. The summed E-state index contributed by atoms with van der Waals surface area (Å²) in [5.41, 5.74) is 0. The van der Waals surface area contributed by atoms with E-state index in [4.69, 9.17) is 4.74 Å². The Morgan fingerprint density at radius 2 is 2.57 bits per heavy atom. The Morgan fingerprint density at radius 1 is 1.71 bits per heavy atom. The van der Waals surface area contributed by atoms with Gasteiger partial charge in [-0.3, -0.25) is 4.68 Å². The minimum Gasteiger partial charge on any atom is -0.490 e. The maximum absolute atomic E-state index is 5.59. The van der Waals surface area contributed by atoms with Gasteiger partial charge in [-0.25, -0.2) is 0 Å². The Bertz CT molecular complexity index is 271. The van der Waals surface area contributed by atoms with Crippen LogP contribution in [0.2, 0.25) is 0 Å². The predicted molar refractivity (Wildman–Crippen MR) is 56.9 cm³/mol. The molecule has 1 aliphatic heterocycles. The number of hydrogen-bond acceptors (Lipinski definition) is 3. The first-order chi connectivity index (χ1) is 6.34. The molecule has 1 fully saturated rings. The summed E-state index contributed by atoms with van der Waals surface area (Å²) in [6.07, 6.45) is 4.87. The topological polar surface area (TPSA) is 39.1 Å². The zero-order valence-electron chi connectivity index (χ0n) is 8.27. The minimum absolute atomic E-state index is 0. The van der Waals surface area contributed by atoms with Crippen molar-refractivity contribution in [3.63, 3.8) is 0 Å². The molecule has 0 saturated carbocycles. The third-order valence-corrected chi connectivity index (χ3v) is 2.33. The van der Waals surface area contributed by atoms with E-state index in [0.29, 0.717) is 5.92 Å². The number of halogens is 1. The fraction of sp³-hybridized carbons (Fsp3) is 0.667.